The lowest BCUT2D eigenvalue weighted by Crippen LogP contribution is -2.32. The molecule has 2 aromatic heterocycles. The molecule has 1 unspecified atom stereocenters. The third kappa shape index (κ3) is 5.00. The molecule has 0 saturated heterocycles. The van der Waals surface area contributed by atoms with Crippen molar-refractivity contribution in [3.63, 3.8) is 0 Å². The number of fused-ring (bicyclic) bond motifs is 9. The van der Waals surface area contributed by atoms with E-state index in [0.717, 1.165) is 28.4 Å². The van der Waals surface area contributed by atoms with E-state index in [-0.39, 0.29) is 6.04 Å². The highest BCUT2D eigenvalue weighted by molar-refractivity contribution is 7.26. The molecular formula is C50H33NOS. The summed E-state index contributed by atoms with van der Waals surface area (Å²) in [5, 5.41) is 7.29. The molecule has 250 valence electrons. The Balaban J connectivity index is 1.03. The van der Waals surface area contributed by atoms with Gasteiger partial charge in [-0.05, 0) is 93.5 Å². The van der Waals surface area contributed by atoms with E-state index >= 15 is 0 Å². The summed E-state index contributed by atoms with van der Waals surface area (Å²) in [6, 6.07) is 62.0. The maximum Gasteiger partial charge on any atom is 0.144 e. The molecule has 0 N–H and O–H groups in total. The smallest absolute Gasteiger partial charge is 0.144 e. The molecule has 0 bridgehead atoms. The van der Waals surface area contributed by atoms with Gasteiger partial charge < -0.3 is 9.32 Å². The van der Waals surface area contributed by atoms with E-state index in [9.17, 15) is 0 Å². The second kappa shape index (κ2) is 12.1. The van der Waals surface area contributed by atoms with Crippen LogP contribution in [0.25, 0.3) is 81.2 Å². The lowest BCUT2D eigenvalue weighted by molar-refractivity contribution is 0.673. The first-order chi connectivity index (χ1) is 26.2. The van der Waals surface area contributed by atoms with Crippen molar-refractivity contribution in [2.75, 3.05) is 4.90 Å². The zero-order chi connectivity index (χ0) is 34.9. The Morgan fingerprint density at radius 2 is 1.23 bits per heavy atom. The first-order valence-corrected chi connectivity index (χ1v) is 19.1. The summed E-state index contributed by atoms with van der Waals surface area (Å²) >= 11 is 1.85. The number of hydrogen-bond donors (Lipinski definition) is 0. The molecule has 0 aliphatic heterocycles. The van der Waals surface area contributed by atoms with Crippen molar-refractivity contribution in [2.24, 2.45) is 0 Å². The molecule has 0 fully saturated rings. The fourth-order valence-corrected chi connectivity index (χ4v) is 9.60. The van der Waals surface area contributed by atoms with Crippen molar-refractivity contribution in [3.8, 4) is 22.3 Å². The number of nitrogens with zero attached hydrogens (tertiary/aromatic N) is 1. The van der Waals surface area contributed by atoms with E-state index in [4.69, 9.17) is 4.42 Å². The van der Waals surface area contributed by atoms with E-state index in [1.54, 1.807) is 0 Å². The molecule has 1 aliphatic rings. The molecule has 3 heteroatoms. The second-order valence-electron chi connectivity index (χ2n) is 14.1. The SMILES string of the molecule is C1=CC(N(c2ccc(-c3ccc4ccccc4c3)cc2)c2ccc(-c3cc4c5ccccc5oc4c4c3sc3ccccc34)cc2)Cc2ccccc21. The first kappa shape index (κ1) is 30.2. The molecule has 2 nitrogen and oxygen atoms in total. The zero-order valence-corrected chi connectivity index (χ0v) is 29.7. The topological polar surface area (TPSA) is 16.4 Å². The maximum absolute atomic E-state index is 6.56. The van der Waals surface area contributed by atoms with Crippen LogP contribution in [0.15, 0.2) is 180 Å². The average molecular weight is 696 g/mol. The van der Waals surface area contributed by atoms with Crippen LogP contribution in [0, 0.1) is 0 Å². The average Bonchev–Trinajstić information content (AvgIpc) is 3.80. The van der Waals surface area contributed by atoms with Crippen molar-refractivity contribution >= 4 is 81.7 Å². The molecule has 11 rings (SSSR count). The Morgan fingerprint density at radius 3 is 2.08 bits per heavy atom. The fraction of sp³-hybridized carbons (Fsp3) is 0.0400. The Labute approximate surface area is 311 Å². The monoisotopic (exact) mass is 695 g/mol. The quantitative estimate of drug-likeness (QED) is 0.178. The summed E-state index contributed by atoms with van der Waals surface area (Å²) < 4.78 is 9.10. The van der Waals surface area contributed by atoms with Crippen LogP contribution in [0.2, 0.25) is 0 Å². The van der Waals surface area contributed by atoms with Crippen LogP contribution in [-0.2, 0) is 6.42 Å². The third-order valence-electron chi connectivity index (χ3n) is 11.0. The van der Waals surface area contributed by atoms with Crippen molar-refractivity contribution in [1.29, 1.82) is 0 Å². The predicted octanol–water partition coefficient (Wildman–Crippen LogP) is 14.2. The van der Waals surface area contributed by atoms with E-state index < -0.39 is 0 Å². The van der Waals surface area contributed by atoms with E-state index in [1.807, 2.05) is 11.3 Å². The van der Waals surface area contributed by atoms with Gasteiger partial charge in [-0.2, -0.15) is 0 Å². The van der Waals surface area contributed by atoms with E-state index in [1.165, 1.54) is 75.7 Å². The molecule has 53 heavy (non-hydrogen) atoms. The Hall–Kier alpha value is -6.42. The van der Waals surface area contributed by atoms with Gasteiger partial charge in [0.25, 0.3) is 0 Å². The number of hydrogen-bond acceptors (Lipinski definition) is 3. The van der Waals surface area contributed by atoms with Crippen LogP contribution in [-0.4, -0.2) is 6.04 Å². The number of para-hydroxylation sites is 1. The summed E-state index contributed by atoms with van der Waals surface area (Å²) in [6.07, 6.45) is 5.59. The van der Waals surface area contributed by atoms with Crippen LogP contribution in [0.4, 0.5) is 11.4 Å². The van der Waals surface area contributed by atoms with Gasteiger partial charge in [-0.1, -0.05) is 133 Å². The lowest BCUT2D eigenvalue weighted by Gasteiger charge is -2.34. The second-order valence-corrected chi connectivity index (χ2v) is 15.1. The Morgan fingerprint density at radius 1 is 0.547 bits per heavy atom. The third-order valence-corrected chi connectivity index (χ3v) is 12.2. The normalized spacial score (nSPS) is 14.1. The van der Waals surface area contributed by atoms with Crippen molar-refractivity contribution < 1.29 is 4.42 Å². The van der Waals surface area contributed by atoms with Crippen molar-refractivity contribution in [2.45, 2.75) is 12.5 Å². The van der Waals surface area contributed by atoms with Crippen LogP contribution >= 0.6 is 11.3 Å². The molecular weight excluding hydrogens is 663 g/mol. The number of thiophene rings is 1. The summed E-state index contributed by atoms with van der Waals surface area (Å²) in [5.41, 5.74) is 11.8. The molecule has 0 saturated carbocycles. The van der Waals surface area contributed by atoms with Gasteiger partial charge in [0.1, 0.15) is 11.2 Å². The summed E-state index contributed by atoms with van der Waals surface area (Å²) in [4.78, 5) is 2.50. The standard InChI is InChI=1S/C50H33NOS/c1-3-11-36-29-38(18-17-32(36)9-1)34-19-24-39(25-20-34)51(41-28-21-33-10-2-4-12-37(33)30-41)40-26-22-35(23-27-40)44-31-45-42-13-5-7-15-46(42)52-49(45)48-43-14-6-8-16-47(43)53-50(44)48/h1-29,31,41H,30H2. The number of anilines is 2. The minimum absolute atomic E-state index is 0.171. The van der Waals surface area contributed by atoms with Crippen LogP contribution in [0.1, 0.15) is 11.1 Å². The van der Waals surface area contributed by atoms with Gasteiger partial charge in [0.2, 0.25) is 0 Å². The predicted molar refractivity (Wildman–Crippen MR) is 227 cm³/mol. The van der Waals surface area contributed by atoms with Gasteiger partial charge >= 0.3 is 0 Å². The molecule has 0 amide bonds. The zero-order valence-electron chi connectivity index (χ0n) is 28.9. The molecule has 1 atom stereocenters. The summed E-state index contributed by atoms with van der Waals surface area (Å²) in [5.74, 6) is 0. The van der Waals surface area contributed by atoms with Gasteiger partial charge in [-0.3, -0.25) is 0 Å². The molecule has 0 radical (unpaired) electrons. The van der Waals surface area contributed by atoms with E-state index in [2.05, 4.69) is 187 Å². The van der Waals surface area contributed by atoms with Gasteiger partial charge in [-0.15, -0.1) is 11.3 Å². The molecule has 10 aromatic rings. The molecule has 8 aromatic carbocycles. The lowest BCUT2D eigenvalue weighted by atomic mass is 9.92. The first-order valence-electron chi connectivity index (χ1n) is 18.3. The summed E-state index contributed by atoms with van der Waals surface area (Å²) in [7, 11) is 0. The van der Waals surface area contributed by atoms with Gasteiger partial charge in [-0.25, -0.2) is 0 Å². The van der Waals surface area contributed by atoms with Crippen LogP contribution < -0.4 is 4.90 Å². The van der Waals surface area contributed by atoms with Crippen molar-refractivity contribution in [3.05, 3.63) is 187 Å². The molecule has 0 spiro atoms. The highest BCUT2D eigenvalue weighted by Crippen LogP contribution is 2.47. The van der Waals surface area contributed by atoms with E-state index in [0.29, 0.717) is 0 Å². The van der Waals surface area contributed by atoms with Gasteiger partial charge in [0.15, 0.2) is 0 Å². The maximum atomic E-state index is 6.56. The fourth-order valence-electron chi connectivity index (χ4n) is 8.36. The minimum atomic E-state index is 0.171. The van der Waals surface area contributed by atoms with Crippen molar-refractivity contribution in [1.82, 2.24) is 0 Å². The van der Waals surface area contributed by atoms with Gasteiger partial charge in [0, 0.05) is 47.9 Å². The van der Waals surface area contributed by atoms with Crippen LogP contribution in [0.5, 0.6) is 0 Å². The number of rotatable bonds is 5. The molecule has 1 aliphatic carbocycles. The number of benzene rings is 8. The Kier molecular flexibility index (Phi) is 6.89. The Bertz CT molecular complexity index is 3040. The van der Waals surface area contributed by atoms with Crippen LogP contribution in [0.3, 0.4) is 0 Å². The summed E-state index contributed by atoms with van der Waals surface area (Å²) in [6.45, 7) is 0. The molecule has 2 heterocycles. The number of furan rings is 1. The largest absolute Gasteiger partial charge is 0.455 e. The minimum Gasteiger partial charge on any atom is -0.455 e. The highest BCUT2D eigenvalue weighted by atomic mass is 32.1. The van der Waals surface area contributed by atoms with Gasteiger partial charge in [0.05, 0.1) is 6.04 Å². The highest BCUT2D eigenvalue weighted by Gasteiger charge is 2.24.